The lowest BCUT2D eigenvalue weighted by Gasteiger charge is -2.01. The number of amides is 1. The fourth-order valence-electron chi connectivity index (χ4n) is 1.86. The van der Waals surface area contributed by atoms with Crippen molar-refractivity contribution in [2.24, 2.45) is 0 Å². The van der Waals surface area contributed by atoms with Crippen molar-refractivity contribution in [1.82, 2.24) is 4.98 Å². The maximum atomic E-state index is 12.1. The Morgan fingerprint density at radius 3 is 2.75 bits per heavy atom. The van der Waals surface area contributed by atoms with Gasteiger partial charge in [-0.05, 0) is 24.3 Å². The largest absolute Gasteiger partial charge is 0.324 e. The van der Waals surface area contributed by atoms with Gasteiger partial charge in [-0.25, -0.2) is 4.98 Å². The molecule has 0 unspecified atom stereocenters. The Labute approximate surface area is 153 Å². The molecule has 0 bridgehead atoms. The summed E-state index contributed by atoms with van der Waals surface area (Å²) in [6, 6.07) is 7.72. The number of nitro groups is 1. The zero-order valence-corrected chi connectivity index (χ0v) is 14.8. The van der Waals surface area contributed by atoms with E-state index in [1.807, 2.05) is 0 Å². The number of hydrogen-bond donors (Lipinski definition) is 1. The molecule has 0 radical (unpaired) electrons. The van der Waals surface area contributed by atoms with Crippen LogP contribution in [0.15, 0.2) is 35.7 Å². The zero-order chi connectivity index (χ0) is 17.3. The van der Waals surface area contributed by atoms with Crippen molar-refractivity contribution in [2.75, 3.05) is 5.32 Å². The van der Waals surface area contributed by atoms with Crippen LogP contribution >= 0.6 is 45.9 Å². The summed E-state index contributed by atoms with van der Waals surface area (Å²) in [7, 11) is 0. The maximum absolute atomic E-state index is 12.1. The van der Waals surface area contributed by atoms with Crippen LogP contribution in [-0.4, -0.2) is 15.8 Å². The molecule has 2 heterocycles. The first-order valence-electron chi connectivity index (χ1n) is 6.40. The van der Waals surface area contributed by atoms with E-state index in [1.165, 1.54) is 23.5 Å². The first-order chi connectivity index (χ1) is 11.4. The van der Waals surface area contributed by atoms with Gasteiger partial charge < -0.3 is 0 Å². The Morgan fingerprint density at radius 2 is 2.04 bits per heavy atom. The summed E-state index contributed by atoms with van der Waals surface area (Å²) < 4.78 is 0. The Kier molecular flexibility index (Phi) is 4.81. The molecule has 10 heteroatoms. The Bertz CT molecular complexity index is 939. The molecule has 0 aliphatic carbocycles. The van der Waals surface area contributed by atoms with E-state index in [4.69, 9.17) is 23.2 Å². The molecule has 3 aromatic rings. The number of carbonyl (C=O) groups is 1. The van der Waals surface area contributed by atoms with E-state index in [9.17, 15) is 14.9 Å². The van der Waals surface area contributed by atoms with Gasteiger partial charge in [0.1, 0.15) is 0 Å². The van der Waals surface area contributed by atoms with E-state index in [1.54, 1.807) is 23.6 Å². The summed E-state index contributed by atoms with van der Waals surface area (Å²) in [5.74, 6) is -0.453. The molecule has 1 amide bonds. The van der Waals surface area contributed by atoms with Gasteiger partial charge in [0.05, 0.1) is 20.5 Å². The third-order valence-electron chi connectivity index (χ3n) is 2.92. The number of thiazole rings is 1. The van der Waals surface area contributed by atoms with Crippen LogP contribution in [0, 0.1) is 10.1 Å². The van der Waals surface area contributed by atoms with Crippen molar-refractivity contribution >= 4 is 61.9 Å². The van der Waals surface area contributed by atoms with Gasteiger partial charge in [-0.1, -0.05) is 34.5 Å². The number of rotatable bonds is 4. The summed E-state index contributed by atoms with van der Waals surface area (Å²) >= 11 is 14.1. The normalized spacial score (nSPS) is 10.6. The first-order valence-corrected chi connectivity index (χ1v) is 8.86. The molecular weight excluding hydrogens is 393 g/mol. The summed E-state index contributed by atoms with van der Waals surface area (Å²) in [6.45, 7) is 0. The molecule has 1 aromatic carbocycles. The molecule has 0 atom stereocenters. The number of nitrogens with zero attached hydrogens (tertiary/aromatic N) is 2. The summed E-state index contributed by atoms with van der Waals surface area (Å²) in [4.78, 5) is 26.8. The number of benzene rings is 1. The summed E-state index contributed by atoms with van der Waals surface area (Å²) in [6.07, 6.45) is 0. The zero-order valence-electron chi connectivity index (χ0n) is 11.7. The number of thiophene rings is 1. The number of aromatic nitrogens is 1. The molecule has 24 heavy (non-hydrogen) atoms. The second-order valence-electron chi connectivity index (χ2n) is 4.51. The lowest BCUT2D eigenvalue weighted by atomic mass is 10.2. The third-order valence-corrected chi connectivity index (χ3v) is 5.28. The standard InChI is InChI=1S/C14H7Cl2N3O3S2/c15-7-1-2-9(16)8(5-7)10-6-23-14(17-10)18-13(20)11-3-4-12(24-11)19(21)22/h1-6H,(H,17,18,20). The molecule has 0 spiro atoms. The van der Waals surface area contributed by atoms with Gasteiger partial charge in [0, 0.05) is 22.0 Å². The molecule has 0 saturated heterocycles. The predicted octanol–water partition coefficient (Wildman–Crippen LogP) is 5.34. The van der Waals surface area contributed by atoms with E-state index < -0.39 is 10.8 Å². The smallest absolute Gasteiger partial charge is 0.297 e. The van der Waals surface area contributed by atoms with Crippen LogP contribution in [0.2, 0.25) is 10.0 Å². The topological polar surface area (TPSA) is 85.1 Å². The molecule has 2 aromatic heterocycles. The third kappa shape index (κ3) is 3.57. The lowest BCUT2D eigenvalue weighted by Crippen LogP contribution is -2.09. The second kappa shape index (κ2) is 6.86. The minimum atomic E-state index is -0.538. The SMILES string of the molecule is O=C(Nc1nc(-c2cc(Cl)ccc2Cl)cs1)c1ccc([N+](=O)[O-])s1. The number of halogens is 2. The second-order valence-corrected chi connectivity index (χ2v) is 7.28. The van der Waals surface area contributed by atoms with E-state index in [2.05, 4.69) is 10.3 Å². The number of nitrogens with one attached hydrogen (secondary N) is 1. The Hall–Kier alpha value is -2.00. The average Bonchev–Trinajstić information content (AvgIpc) is 3.19. The first kappa shape index (κ1) is 16.8. The minimum absolute atomic E-state index is 0.0920. The Balaban J connectivity index is 1.79. The fourth-order valence-corrected chi connectivity index (χ4v) is 3.66. The number of carbonyl (C=O) groups excluding carboxylic acids is 1. The van der Waals surface area contributed by atoms with E-state index in [0.717, 1.165) is 11.3 Å². The maximum Gasteiger partial charge on any atom is 0.324 e. The predicted molar refractivity (Wildman–Crippen MR) is 96.5 cm³/mol. The van der Waals surface area contributed by atoms with E-state index in [0.29, 0.717) is 26.4 Å². The van der Waals surface area contributed by atoms with Gasteiger partial charge in [0.2, 0.25) is 0 Å². The van der Waals surface area contributed by atoms with E-state index >= 15 is 0 Å². The van der Waals surface area contributed by atoms with Crippen LogP contribution in [-0.2, 0) is 0 Å². The van der Waals surface area contributed by atoms with Crippen molar-refractivity contribution in [1.29, 1.82) is 0 Å². The van der Waals surface area contributed by atoms with Crippen LogP contribution in [0.3, 0.4) is 0 Å². The fraction of sp³-hybridized carbons (Fsp3) is 0. The molecule has 0 aliphatic heterocycles. The number of anilines is 1. The van der Waals surface area contributed by atoms with Gasteiger partial charge in [-0.15, -0.1) is 11.3 Å². The van der Waals surface area contributed by atoms with Gasteiger partial charge in [-0.2, -0.15) is 0 Å². The highest BCUT2D eigenvalue weighted by Gasteiger charge is 2.17. The van der Waals surface area contributed by atoms with Crippen LogP contribution < -0.4 is 5.32 Å². The monoisotopic (exact) mass is 399 g/mol. The van der Waals surface area contributed by atoms with Gasteiger partial charge >= 0.3 is 5.00 Å². The highest BCUT2D eigenvalue weighted by molar-refractivity contribution is 7.17. The molecule has 3 rings (SSSR count). The molecule has 122 valence electrons. The van der Waals surface area contributed by atoms with Gasteiger partial charge in [0.15, 0.2) is 5.13 Å². The van der Waals surface area contributed by atoms with Crippen molar-refractivity contribution in [3.8, 4) is 11.3 Å². The molecule has 0 saturated carbocycles. The molecule has 1 N–H and O–H groups in total. The molecule has 0 fully saturated rings. The Morgan fingerprint density at radius 1 is 1.25 bits per heavy atom. The van der Waals surface area contributed by atoms with E-state index in [-0.39, 0.29) is 9.88 Å². The highest BCUT2D eigenvalue weighted by atomic mass is 35.5. The number of hydrogen-bond acceptors (Lipinski definition) is 6. The molecule has 0 aliphatic rings. The van der Waals surface area contributed by atoms with Crippen LogP contribution in [0.1, 0.15) is 9.67 Å². The molecule has 6 nitrogen and oxygen atoms in total. The quantitative estimate of drug-likeness (QED) is 0.473. The minimum Gasteiger partial charge on any atom is -0.297 e. The van der Waals surface area contributed by atoms with Gasteiger partial charge in [0.25, 0.3) is 5.91 Å². The van der Waals surface area contributed by atoms with Gasteiger partial charge in [-0.3, -0.25) is 20.2 Å². The van der Waals surface area contributed by atoms with Crippen molar-refractivity contribution in [3.63, 3.8) is 0 Å². The molecular formula is C14H7Cl2N3O3S2. The average molecular weight is 400 g/mol. The lowest BCUT2D eigenvalue weighted by molar-refractivity contribution is -0.380. The summed E-state index contributed by atoms with van der Waals surface area (Å²) in [5, 5.41) is 16.3. The van der Waals surface area contributed by atoms with Crippen molar-refractivity contribution < 1.29 is 9.72 Å². The van der Waals surface area contributed by atoms with Crippen molar-refractivity contribution in [2.45, 2.75) is 0 Å². The highest BCUT2D eigenvalue weighted by Crippen LogP contribution is 2.33. The van der Waals surface area contributed by atoms with Crippen LogP contribution in [0.25, 0.3) is 11.3 Å². The summed E-state index contributed by atoms with van der Waals surface area (Å²) in [5.41, 5.74) is 1.24. The van der Waals surface area contributed by atoms with Crippen LogP contribution in [0.4, 0.5) is 10.1 Å². The van der Waals surface area contributed by atoms with Crippen molar-refractivity contribution in [3.05, 3.63) is 60.7 Å². The van der Waals surface area contributed by atoms with Crippen LogP contribution in [0.5, 0.6) is 0 Å².